The Kier molecular flexibility index (Phi) is 5.54. The van der Waals surface area contributed by atoms with Crippen molar-refractivity contribution in [2.24, 2.45) is 17.6 Å². The van der Waals surface area contributed by atoms with E-state index in [9.17, 15) is 0 Å². The molecule has 1 aliphatic carbocycles. The molecule has 20 heavy (non-hydrogen) atoms. The van der Waals surface area contributed by atoms with Gasteiger partial charge < -0.3 is 15.0 Å². The Morgan fingerprint density at radius 1 is 1.30 bits per heavy atom. The van der Waals surface area contributed by atoms with Crippen molar-refractivity contribution in [2.75, 3.05) is 7.11 Å². The summed E-state index contributed by atoms with van der Waals surface area (Å²) in [6, 6.07) is 0.0546. The molecule has 1 aromatic rings. The predicted octanol–water partition coefficient (Wildman–Crippen LogP) is 2.86. The summed E-state index contributed by atoms with van der Waals surface area (Å²) in [7, 11) is 1.73. The SMILES string of the molecule is COC(c1noc(CC(N)C(C)C)n1)C1CCCCC1. The van der Waals surface area contributed by atoms with Crippen LogP contribution in [0.2, 0.25) is 0 Å². The zero-order chi connectivity index (χ0) is 14.5. The van der Waals surface area contributed by atoms with Gasteiger partial charge in [0.05, 0.1) is 0 Å². The van der Waals surface area contributed by atoms with Gasteiger partial charge in [0.25, 0.3) is 0 Å². The van der Waals surface area contributed by atoms with E-state index in [0.29, 0.717) is 30.0 Å². The van der Waals surface area contributed by atoms with Gasteiger partial charge in [0.15, 0.2) is 0 Å². The zero-order valence-electron chi connectivity index (χ0n) is 12.8. The lowest BCUT2D eigenvalue weighted by Gasteiger charge is -2.26. The number of methoxy groups -OCH3 is 1. The van der Waals surface area contributed by atoms with E-state index in [-0.39, 0.29) is 12.1 Å². The number of nitrogens with two attached hydrogens (primary N) is 1. The first-order valence-corrected chi connectivity index (χ1v) is 7.72. The van der Waals surface area contributed by atoms with E-state index in [0.717, 1.165) is 0 Å². The summed E-state index contributed by atoms with van der Waals surface area (Å²) in [5.41, 5.74) is 6.05. The quantitative estimate of drug-likeness (QED) is 0.867. The van der Waals surface area contributed by atoms with Crippen LogP contribution >= 0.6 is 0 Å². The lowest BCUT2D eigenvalue weighted by atomic mass is 9.85. The number of rotatable bonds is 6. The number of aromatic nitrogens is 2. The van der Waals surface area contributed by atoms with Crippen molar-refractivity contribution in [1.82, 2.24) is 10.1 Å². The highest BCUT2D eigenvalue weighted by Gasteiger charge is 2.29. The van der Waals surface area contributed by atoms with E-state index < -0.39 is 0 Å². The average molecular weight is 281 g/mol. The topological polar surface area (TPSA) is 74.2 Å². The van der Waals surface area contributed by atoms with Gasteiger partial charge in [-0.15, -0.1) is 0 Å². The third-order valence-corrected chi connectivity index (χ3v) is 4.34. The third kappa shape index (κ3) is 3.79. The van der Waals surface area contributed by atoms with Crippen LogP contribution in [0.1, 0.15) is 63.8 Å². The van der Waals surface area contributed by atoms with Crippen LogP contribution in [-0.4, -0.2) is 23.3 Å². The van der Waals surface area contributed by atoms with E-state index in [1.807, 2.05) is 0 Å². The van der Waals surface area contributed by atoms with Crippen molar-refractivity contribution in [3.05, 3.63) is 11.7 Å². The zero-order valence-corrected chi connectivity index (χ0v) is 12.8. The fourth-order valence-electron chi connectivity index (χ4n) is 2.85. The summed E-state index contributed by atoms with van der Waals surface area (Å²) in [6.45, 7) is 4.20. The van der Waals surface area contributed by atoms with Gasteiger partial charge in [0, 0.05) is 19.6 Å². The van der Waals surface area contributed by atoms with Gasteiger partial charge >= 0.3 is 0 Å². The average Bonchev–Trinajstić information content (AvgIpc) is 2.89. The molecule has 2 unspecified atom stereocenters. The summed E-state index contributed by atoms with van der Waals surface area (Å²) in [5.74, 6) is 2.23. The molecule has 0 aromatic carbocycles. The molecule has 114 valence electrons. The van der Waals surface area contributed by atoms with Gasteiger partial charge in [-0.1, -0.05) is 38.3 Å². The minimum atomic E-state index is -0.0388. The standard InChI is InChI=1S/C15H27N3O2/c1-10(2)12(16)9-13-17-15(18-20-13)14(19-3)11-7-5-4-6-8-11/h10-12,14H,4-9,16H2,1-3H3. The second kappa shape index (κ2) is 7.18. The van der Waals surface area contributed by atoms with E-state index >= 15 is 0 Å². The maximum Gasteiger partial charge on any atom is 0.228 e. The molecule has 0 aliphatic heterocycles. The molecule has 0 amide bonds. The Morgan fingerprint density at radius 2 is 2.00 bits per heavy atom. The molecule has 0 spiro atoms. The molecule has 1 saturated carbocycles. The van der Waals surface area contributed by atoms with Crippen molar-refractivity contribution in [1.29, 1.82) is 0 Å². The van der Waals surface area contributed by atoms with Gasteiger partial charge in [0.2, 0.25) is 11.7 Å². The largest absolute Gasteiger partial charge is 0.373 e. The fraction of sp³-hybridized carbons (Fsp3) is 0.867. The highest BCUT2D eigenvalue weighted by Crippen LogP contribution is 2.35. The third-order valence-electron chi connectivity index (χ3n) is 4.34. The van der Waals surface area contributed by atoms with E-state index in [1.165, 1.54) is 32.1 Å². The van der Waals surface area contributed by atoms with Crippen LogP contribution < -0.4 is 5.73 Å². The molecule has 2 N–H and O–H groups in total. The van der Waals surface area contributed by atoms with Crippen LogP contribution in [0.15, 0.2) is 4.52 Å². The van der Waals surface area contributed by atoms with Crippen molar-refractivity contribution in [3.63, 3.8) is 0 Å². The van der Waals surface area contributed by atoms with Crippen LogP contribution in [0.3, 0.4) is 0 Å². The highest BCUT2D eigenvalue weighted by atomic mass is 16.5. The number of ether oxygens (including phenoxy) is 1. The van der Waals surface area contributed by atoms with Gasteiger partial charge in [-0.3, -0.25) is 0 Å². The van der Waals surface area contributed by atoms with Crippen LogP contribution in [0.4, 0.5) is 0 Å². The highest BCUT2D eigenvalue weighted by molar-refractivity contribution is 4.96. The molecule has 1 fully saturated rings. The van der Waals surface area contributed by atoms with Gasteiger partial charge in [-0.05, 0) is 24.7 Å². The van der Waals surface area contributed by atoms with E-state index in [2.05, 4.69) is 24.0 Å². The van der Waals surface area contributed by atoms with Gasteiger partial charge in [0.1, 0.15) is 6.10 Å². The predicted molar refractivity (Wildman–Crippen MR) is 77.1 cm³/mol. The lowest BCUT2D eigenvalue weighted by molar-refractivity contribution is 0.0273. The normalized spacial score (nSPS) is 20.2. The Morgan fingerprint density at radius 3 is 2.60 bits per heavy atom. The number of nitrogens with zero attached hydrogens (tertiary/aromatic N) is 2. The Balaban J connectivity index is 2.01. The molecule has 1 aromatic heterocycles. The number of hydrogen-bond donors (Lipinski definition) is 1. The second-order valence-electron chi connectivity index (χ2n) is 6.21. The van der Waals surface area contributed by atoms with Crippen molar-refractivity contribution in [3.8, 4) is 0 Å². The van der Waals surface area contributed by atoms with Crippen LogP contribution in [0.25, 0.3) is 0 Å². The monoisotopic (exact) mass is 281 g/mol. The second-order valence-corrected chi connectivity index (χ2v) is 6.21. The van der Waals surface area contributed by atoms with Crippen molar-refractivity contribution < 1.29 is 9.26 Å². The van der Waals surface area contributed by atoms with Gasteiger partial charge in [-0.2, -0.15) is 4.98 Å². The first-order valence-electron chi connectivity index (χ1n) is 7.72. The minimum Gasteiger partial charge on any atom is -0.373 e. The summed E-state index contributed by atoms with van der Waals surface area (Å²) in [4.78, 5) is 4.50. The Bertz CT molecular complexity index is 400. The summed E-state index contributed by atoms with van der Waals surface area (Å²) in [6.07, 6.45) is 6.84. The molecular weight excluding hydrogens is 254 g/mol. The molecule has 5 heteroatoms. The molecule has 0 radical (unpaired) electrons. The molecular formula is C15H27N3O2. The van der Waals surface area contributed by atoms with Gasteiger partial charge in [-0.25, -0.2) is 0 Å². The molecule has 0 bridgehead atoms. The summed E-state index contributed by atoms with van der Waals surface area (Å²) >= 11 is 0. The Hall–Kier alpha value is -0.940. The smallest absolute Gasteiger partial charge is 0.228 e. The molecule has 1 heterocycles. The van der Waals surface area contributed by atoms with Crippen LogP contribution in [0, 0.1) is 11.8 Å². The Labute approximate surface area is 121 Å². The van der Waals surface area contributed by atoms with Crippen LogP contribution in [-0.2, 0) is 11.2 Å². The van der Waals surface area contributed by atoms with Crippen molar-refractivity contribution in [2.45, 2.75) is 64.5 Å². The molecule has 5 nitrogen and oxygen atoms in total. The van der Waals surface area contributed by atoms with Crippen LogP contribution in [0.5, 0.6) is 0 Å². The fourth-order valence-corrected chi connectivity index (χ4v) is 2.85. The molecule has 2 rings (SSSR count). The molecule has 0 saturated heterocycles. The molecule has 2 atom stereocenters. The first kappa shape index (κ1) is 15.4. The first-order chi connectivity index (χ1) is 9.61. The minimum absolute atomic E-state index is 0.0388. The maximum atomic E-state index is 6.05. The van der Waals surface area contributed by atoms with Crippen molar-refractivity contribution >= 4 is 0 Å². The summed E-state index contributed by atoms with van der Waals surface area (Å²) < 4.78 is 11.0. The lowest BCUT2D eigenvalue weighted by Crippen LogP contribution is -2.28. The summed E-state index contributed by atoms with van der Waals surface area (Å²) in [5, 5.41) is 4.11. The van der Waals surface area contributed by atoms with E-state index in [1.54, 1.807) is 7.11 Å². The maximum absolute atomic E-state index is 6.05. The number of hydrogen-bond acceptors (Lipinski definition) is 5. The van der Waals surface area contributed by atoms with E-state index in [4.69, 9.17) is 15.0 Å². The molecule has 1 aliphatic rings.